The van der Waals surface area contributed by atoms with Gasteiger partial charge in [0.05, 0.1) is 7.11 Å². The van der Waals surface area contributed by atoms with Crippen LogP contribution in [-0.4, -0.2) is 21.4 Å². The van der Waals surface area contributed by atoms with Gasteiger partial charge in [0.1, 0.15) is 22.3 Å². The van der Waals surface area contributed by atoms with Gasteiger partial charge in [-0.05, 0) is 49.7 Å². The molecule has 178 valence electrons. The van der Waals surface area contributed by atoms with Crippen molar-refractivity contribution in [3.05, 3.63) is 100 Å². The summed E-state index contributed by atoms with van der Waals surface area (Å²) in [5.41, 5.74) is 2.76. The van der Waals surface area contributed by atoms with Gasteiger partial charge in [0, 0.05) is 24.0 Å². The average molecular weight is 487 g/mol. The van der Waals surface area contributed by atoms with Crippen molar-refractivity contribution < 1.29 is 26.7 Å². The number of anilines is 1. The topological polar surface area (TPSA) is 84.5 Å². The Kier molecular flexibility index (Phi) is 7.68. The van der Waals surface area contributed by atoms with Gasteiger partial charge in [0.15, 0.2) is 4.91 Å². The fraction of sp³-hybridized carbons (Fsp3) is 0.160. The highest BCUT2D eigenvalue weighted by Crippen LogP contribution is 2.25. The van der Waals surface area contributed by atoms with Gasteiger partial charge < -0.3 is 15.4 Å². The molecule has 0 aliphatic rings. The number of sulfone groups is 1. The lowest BCUT2D eigenvalue weighted by atomic mass is 10.1. The molecule has 0 heterocycles. The summed E-state index contributed by atoms with van der Waals surface area (Å²) < 4.78 is 59.9. The number of nitrogens with one attached hydrogen (secondary N) is 2. The lowest BCUT2D eigenvalue weighted by Crippen LogP contribution is -2.24. The summed E-state index contributed by atoms with van der Waals surface area (Å²) in [5, 5.41) is 5.33. The summed E-state index contributed by atoms with van der Waals surface area (Å²) in [6.45, 7) is 3.75. The first-order chi connectivity index (χ1) is 16.1. The fourth-order valence-corrected chi connectivity index (χ4v) is 4.67. The summed E-state index contributed by atoms with van der Waals surface area (Å²) in [6.07, 6.45) is 0.977. The average Bonchev–Trinajstić information content (AvgIpc) is 2.80. The van der Waals surface area contributed by atoms with Crippen LogP contribution in [0, 0.1) is 25.5 Å². The van der Waals surface area contributed by atoms with E-state index in [1.807, 2.05) is 13.0 Å². The van der Waals surface area contributed by atoms with Crippen molar-refractivity contribution >= 4 is 21.4 Å². The third kappa shape index (κ3) is 5.60. The SMILES string of the molecule is COc1ccccc1CN/C=C(\C(=O)Nc1ccc(C)cc1C)S(=O)(=O)c1cc(F)ccc1F. The highest BCUT2D eigenvalue weighted by atomic mass is 32.2. The zero-order chi connectivity index (χ0) is 24.9. The van der Waals surface area contributed by atoms with E-state index in [2.05, 4.69) is 10.6 Å². The lowest BCUT2D eigenvalue weighted by Gasteiger charge is -2.14. The molecule has 0 atom stereocenters. The van der Waals surface area contributed by atoms with E-state index in [0.717, 1.165) is 17.8 Å². The van der Waals surface area contributed by atoms with Crippen LogP contribution in [0.3, 0.4) is 0 Å². The molecule has 0 aromatic heterocycles. The predicted molar refractivity (Wildman–Crippen MR) is 126 cm³/mol. The Morgan fingerprint density at radius 3 is 2.47 bits per heavy atom. The van der Waals surface area contributed by atoms with Crippen LogP contribution in [0.1, 0.15) is 16.7 Å². The number of carbonyl (C=O) groups excluding carboxylic acids is 1. The van der Waals surface area contributed by atoms with Crippen molar-refractivity contribution in [2.45, 2.75) is 25.3 Å². The first kappa shape index (κ1) is 24.9. The lowest BCUT2D eigenvalue weighted by molar-refractivity contribution is -0.112. The summed E-state index contributed by atoms with van der Waals surface area (Å²) in [5.74, 6) is -2.56. The summed E-state index contributed by atoms with van der Waals surface area (Å²) >= 11 is 0. The van der Waals surface area contributed by atoms with Gasteiger partial charge in [-0.2, -0.15) is 0 Å². The minimum atomic E-state index is -4.72. The molecule has 3 aromatic rings. The van der Waals surface area contributed by atoms with Crippen molar-refractivity contribution in [1.29, 1.82) is 0 Å². The molecule has 3 rings (SSSR count). The maximum absolute atomic E-state index is 14.4. The van der Waals surface area contributed by atoms with E-state index in [4.69, 9.17) is 4.74 Å². The zero-order valence-corrected chi connectivity index (χ0v) is 19.7. The fourth-order valence-electron chi connectivity index (χ4n) is 3.31. The van der Waals surface area contributed by atoms with Gasteiger partial charge in [-0.3, -0.25) is 4.79 Å². The van der Waals surface area contributed by atoms with Gasteiger partial charge in [-0.1, -0.05) is 35.9 Å². The summed E-state index contributed by atoms with van der Waals surface area (Å²) in [4.78, 5) is 11.4. The third-order valence-electron chi connectivity index (χ3n) is 5.04. The Morgan fingerprint density at radius 2 is 1.76 bits per heavy atom. The Balaban J connectivity index is 2.00. The van der Waals surface area contributed by atoms with E-state index in [1.165, 1.54) is 7.11 Å². The maximum atomic E-state index is 14.4. The number of aryl methyl sites for hydroxylation is 2. The highest BCUT2D eigenvalue weighted by molar-refractivity contribution is 7.96. The van der Waals surface area contributed by atoms with Crippen LogP contribution in [0.15, 0.2) is 76.7 Å². The largest absolute Gasteiger partial charge is 0.496 e. The number of halogens is 2. The van der Waals surface area contributed by atoms with Gasteiger partial charge in [-0.15, -0.1) is 0 Å². The number of rotatable bonds is 8. The highest BCUT2D eigenvalue weighted by Gasteiger charge is 2.30. The molecule has 0 aliphatic heterocycles. The molecule has 0 aliphatic carbocycles. The first-order valence-corrected chi connectivity index (χ1v) is 11.8. The van der Waals surface area contributed by atoms with Crippen LogP contribution in [0.25, 0.3) is 0 Å². The molecule has 0 spiro atoms. The van der Waals surface area contributed by atoms with Crippen molar-refractivity contribution in [3.63, 3.8) is 0 Å². The first-order valence-electron chi connectivity index (χ1n) is 10.3. The second kappa shape index (κ2) is 10.5. The number of para-hydroxylation sites is 1. The van der Waals surface area contributed by atoms with Gasteiger partial charge in [0.25, 0.3) is 5.91 Å². The normalized spacial score (nSPS) is 11.7. The van der Waals surface area contributed by atoms with E-state index < -0.39 is 37.2 Å². The van der Waals surface area contributed by atoms with Crippen LogP contribution in [0.5, 0.6) is 5.75 Å². The minimum Gasteiger partial charge on any atom is -0.496 e. The number of carbonyl (C=O) groups is 1. The molecule has 34 heavy (non-hydrogen) atoms. The molecular weight excluding hydrogens is 462 g/mol. The second-order valence-electron chi connectivity index (χ2n) is 7.55. The molecular formula is C25H24F2N2O4S. The number of hydrogen-bond donors (Lipinski definition) is 2. The number of hydrogen-bond acceptors (Lipinski definition) is 5. The Bertz CT molecular complexity index is 1350. The Morgan fingerprint density at radius 1 is 1.03 bits per heavy atom. The third-order valence-corrected chi connectivity index (χ3v) is 6.82. The van der Waals surface area contributed by atoms with E-state index in [9.17, 15) is 22.0 Å². The zero-order valence-electron chi connectivity index (χ0n) is 18.9. The smallest absolute Gasteiger partial charge is 0.269 e. The van der Waals surface area contributed by atoms with Gasteiger partial charge in [0.2, 0.25) is 9.84 Å². The molecule has 0 saturated carbocycles. The van der Waals surface area contributed by atoms with Gasteiger partial charge >= 0.3 is 0 Å². The van der Waals surface area contributed by atoms with Crippen LogP contribution < -0.4 is 15.4 Å². The number of benzene rings is 3. The van der Waals surface area contributed by atoms with E-state index in [0.29, 0.717) is 34.7 Å². The molecule has 9 heteroatoms. The second-order valence-corrected chi connectivity index (χ2v) is 9.44. The molecule has 0 fully saturated rings. The molecule has 6 nitrogen and oxygen atoms in total. The maximum Gasteiger partial charge on any atom is 0.269 e. The van der Waals surface area contributed by atoms with Gasteiger partial charge in [-0.25, -0.2) is 17.2 Å². The van der Waals surface area contributed by atoms with E-state index in [-0.39, 0.29) is 6.54 Å². The molecule has 3 aromatic carbocycles. The Labute approximate surface area is 197 Å². The number of ether oxygens (including phenoxy) is 1. The molecule has 1 amide bonds. The number of amides is 1. The van der Waals surface area contributed by atoms with E-state index >= 15 is 0 Å². The molecule has 0 saturated heterocycles. The standard InChI is InChI=1S/C25H24F2N2O4S/c1-16-8-11-21(17(2)12-16)29-25(30)24(15-28-14-18-6-4-5-7-22(18)33-3)34(31,32)23-13-19(26)9-10-20(23)27/h4-13,15,28H,14H2,1-3H3,(H,29,30)/b24-15+. The molecule has 0 radical (unpaired) electrons. The Hall–Kier alpha value is -3.72. The monoisotopic (exact) mass is 486 g/mol. The van der Waals surface area contributed by atoms with Crippen molar-refractivity contribution in [3.8, 4) is 5.75 Å². The quantitative estimate of drug-likeness (QED) is 0.454. The minimum absolute atomic E-state index is 0.117. The van der Waals surface area contributed by atoms with Crippen molar-refractivity contribution in [2.24, 2.45) is 0 Å². The van der Waals surface area contributed by atoms with E-state index in [1.54, 1.807) is 43.3 Å². The van der Waals surface area contributed by atoms with Crippen molar-refractivity contribution in [2.75, 3.05) is 12.4 Å². The summed E-state index contributed by atoms with van der Waals surface area (Å²) in [7, 11) is -3.23. The van der Waals surface area contributed by atoms with Crippen molar-refractivity contribution in [1.82, 2.24) is 5.32 Å². The number of methoxy groups -OCH3 is 1. The van der Waals surface area contributed by atoms with Crippen LogP contribution >= 0.6 is 0 Å². The molecule has 0 unspecified atom stereocenters. The van der Waals surface area contributed by atoms with Crippen LogP contribution in [0.4, 0.5) is 14.5 Å². The van der Waals surface area contributed by atoms with Crippen LogP contribution in [0.2, 0.25) is 0 Å². The van der Waals surface area contributed by atoms with Crippen LogP contribution in [-0.2, 0) is 21.2 Å². The molecule has 2 N–H and O–H groups in total. The predicted octanol–water partition coefficient (Wildman–Crippen LogP) is 4.63. The molecule has 0 bridgehead atoms. The summed E-state index contributed by atoms with van der Waals surface area (Å²) in [6, 6.07) is 14.3.